The van der Waals surface area contributed by atoms with Crippen LogP contribution in [0.2, 0.25) is 0 Å². The van der Waals surface area contributed by atoms with Gasteiger partial charge in [-0.15, -0.1) is 6.58 Å². The van der Waals surface area contributed by atoms with Gasteiger partial charge in [-0.25, -0.2) is 4.99 Å². The van der Waals surface area contributed by atoms with Crippen LogP contribution in [0.5, 0.6) is 0 Å². The SMILES string of the molecule is C=CCCCN(C)C(=NCC(=O)N(C)CCc1ccccn1)NCC. The summed E-state index contributed by atoms with van der Waals surface area (Å²) < 4.78 is 0. The summed E-state index contributed by atoms with van der Waals surface area (Å²) in [4.78, 5) is 24.8. The van der Waals surface area contributed by atoms with Gasteiger partial charge in [-0.2, -0.15) is 0 Å². The second kappa shape index (κ2) is 12.1. The molecule has 1 heterocycles. The first-order valence-corrected chi connectivity index (χ1v) is 8.82. The average Bonchev–Trinajstić information content (AvgIpc) is 2.63. The molecule has 25 heavy (non-hydrogen) atoms. The van der Waals surface area contributed by atoms with Crippen LogP contribution < -0.4 is 5.32 Å². The Morgan fingerprint density at radius 3 is 2.76 bits per heavy atom. The van der Waals surface area contributed by atoms with Gasteiger partial charge in [0, 0.05) is 52.0 Å². The minimum absolute atomic E-state index is 0.00539. The molecule has 0 saturated carbocycles. The summed E-state index contributed by atoms with van der Waals surface area (Å²) >= 11 is 0. The third-order valence-electron chi connectivity index (χ3n) is 3.82. The van der Waals surface area contributed by atoms with Crippen LogP contribution in [0.4, 0.5) is 0 Å². The van der Waals surface area contributed by atoms with Gasteiger partial charge in [0.25, 0.3) is 0 Å². The smallest absolute Gasteiger partial charge is 0.244 e. The maximum Gasteiger partial charge on any atom is 0.244 e. The molecule has 1 aromatic heterocycles. The normalized spacial score (nSPS) is 11.1. The van der Waals surface area contributed by atoms with Crippen molar-refractivity contribution in [1.82, 2.24) is 20.1 Å². The van der Waals surface area contributed by atoms with Crippen molar-refractivity contribution in [2.24, 2.45) is 4.99 Å². The van der Waals surface area contributed by atoms with Crippen molar-refractivity contribution in [3.05, 3.63) is 42.7 Å². The predicted octanol–water partition coefficient (Wildman–Crippen LogP) is 1.95. The fourth-order valence-electron chi connectivity index (χ4n) is 2.26. The zero-order chi connectivity index (χ0) is 18.5. The number of pyridine rings is 1. The van der Waals surface area contributed by atoms with E-state index in [2.05, 4.69) is 21.9 Å². The average molecular weight is 345 g/mol. The molecule has 6 heteroatoms. The number of guanidine groups is 1. The maximum atomic E-state index is 12.3. The van der Waals surface area contributed by atoms with E-state index in [-0.39, 0.29) is 12.5 Å². The van der Waals surface area contributed by atoms with Crippen molar-refractivity contribution in [1.29, 1.82) is 0 Å². The number of hydrogen-bond acceptors (Lipinski definition) is 3. The summed E-state index contributed by atoms with van der Waals surface area (Å²) in [6, 6.07) is 5.82. The number of hydrogen-bond donors (Lipinski definition) is 1. The van der Waals surface area contributed by atoms with Crippen molar-refractivity contribution in [3.8, 4) is 0 Å². The molecule has 0 aliphatic rings. The maximum absolute atomic E-state index is 12.3. The zero-order valence-electron chi connectivity index (χ0n) is 15.7. The number of allylic oxidation sites excluding steroid dienone is 1. The number of unbranched alkanes of at least 4 members (excludes halogenated alkanes) is 1. The molecular weight excluding hydrogens is 314 g/mol. The quantitative estimate of drug-likeness (QED) is 0.305. The Kier molecular flexibility index (Phi) is 9.97. The molecule has 0 atom stereocenters. The van der Waals surface area contributed by atoms with E-state index in [9.17, 15) is 4.79 Å². The fourth-order valence-corrected chi connectivity index (χ4v) is 2.26. The van der Waals surface area contributed by atoms with Crippen LogP contribution in [0.25, 0.3) is 0 Å². The van der Waals surface area contributed by atoms with E-state index < -0.39 is 0 Å². The van der Waals surface area contributed by atoms with Crippen molar-refractivity contribution >= 4 is 11.9 Å². The molecule has 0 spiro atoms. The highest BCUT2D eigenvalue weighted by Crippen LogP contribution is 1.98. The Morgan fingerprint density at radius 2 is 2.12 bits per heavy atom. The number of carbonyl (C=O) groups is 1. The van der Waals surface area contributed by atoms with Crippen LogP contribution in [0, 0.1) is 0 Å². The highest BCUT2D eigenvalue weighted by Gasteiger charge is 2.10. The van der Waals surface area contributed by atoms with Gasteiger partial charge in [0.05, 0.1) is 0 Å². The molecule has 0 unspecified atom stereocenters. The summed E-state index contributed by atoms with van der Waals surface area (Å²) in [5.74, 6) is 0.767. The van der Waals surface area contributed by atoms with E-state index in [1.807, 2.05) is 50.2 Å². The van der Waals surface area contributed by atoms with Gasteiger partial charge in [-0.3, -0.25) is 9.78 Å². The molecule has 1 amide bonds. The van der Waals surface area contributed by atoms with E-state index in [0.29, 0.717) is 6.54 Å². The molecule has 0 aliphatic carbocycles. The van der Waals surface area contributed by atoms with Gasteiger partial charge in [0.2, 0.25) is 5.91 Å². The first-order valence-electron chi connectivity index (χ1n) is 8.82. The van der Waals surface area contributed by atoms with Gasteiger partial charge in [-0.1, -0.05) is 12.1 Å². The van der Waals surface area contributed by atoms with Crippen LogP contribution in [0.1, 0.15) is 25.5 Å². The predicted molar refractivity (Wildman–Crippen MR) is 104 cm³/mol. The molecular formula is C19H31N5O. The van der Waals surface area contributed by atoms with E-state index in [0.717, 1.165) is 44.0 Å². The number of amides is 1. The van der Waals surface area contributed by atoms with Crippen molar-refractivity contribution in [2.45, 2.75) is 26.2 Å². The summed E-state index contributed by atoms with van der Waals surface area (Å²) in [6.07, 6.45) is 6.42. The van der Waals surface area contributed by atoms with E-state index in [4.69, 9.17) is 0 Å². The second-order valence-corrected chi connectivity index (χ2v) is 5.91. The minimum Gasteiger partial charge on any atom is -0.357 e. The monoisotopic (exact) mass is 345 g/mol. The Bertz CT molecular complexity index is 544. The lowest BCUT2D eigenvalue weighted by Gasteiger charge is -2.22. The van der Waals surface area contributed by atoms with Crippen molar-refractivity contribution in [2.75, 3.05) is 40.3 Å². The van der Waals surface area contributed by atoms with Gasteiger partial charge in [-0.05, 0) is 31.9 Å². The molecule has 1 aromatic rings. The molecule has 0 saturated heterocycles. The first-order chi connectivity index (χ1) is 12.1. The lowest BCUT2D eigenvalue weighted by atomic mass is 10.2. The van der Waals surface area contributed by atoms with Gasteiger partial charge >= 0.3 is 0 Å². The number of rotatable bonds is 10. The third-order valence-corrected chi connectivity index (χ3v) is 3.82. The first kappa shape index (κ1) is 20.7. The van der Waals surface area contributed by atoms with Gasteiger partial charge < -0.3 is 15.1 Å². The minimum atomic E-state index is 0.00539. The van der Waals surface area contributed by atoms with Crippen molar-refractivity contribution in [3.63, 3.8) is 0 Å². The van der Waals surface area contributed by atoms with E-state index in [1.165, 1.54) is 0 Å². The van der Waals surface area contributed by atoms with Crippen molar-refractivity contribution < 1.29 is 4.79 Å². The Balaban J connectivity index is 2.49. The summed E-state index contributed by atoms with van der Waals surface area (Å²) in [7, 11) is 3.79. The number of carbonyl (C=O) groups excluding carboxylic acids is 1. The zero-order valence-corrected chi connectivity index (χ0v) is 15.7. The molecule has 0 fully saturated rings. The second-order valence-electron chi connectivity index (χ2n) is 5.91. The highest BCUT2D eigenvalue weighted by molar-refractivity contribution is 5.84. The van der Waals surface area contributed by atoms with Crippen LogP contribution in [-0.2, 0) is 11.2 Å². The van der Waals surface area contributed by atoms with Crippen LogP contribution in [0.15, 0.2) is 42.0 Å². The molecule has 0 aliphatic heterocycles. The Hall–Kier alpha value is -2.37. The molecule has 1 N–H and O–H groups in total. The summed E-state index contributed by atoms with van der Waals surface area (Å²) in [6.45, 7) is 8.19. The number of aromatic nitrogens is 1. The molecule has 0 bridgehead atoms. The molecule has 1 rings (SSSR count). The molecule has 0 radical (unpaired) electrons. The standard InChI is InChI=1S/C19H31N5O/c1-5-7-10-14-24(4)19(20-6-2)22-16-18(25)23(3)15-12-17-11-8-9-13-21-17/h5,8-9,11,13H,1,6-7,10,12,14-16H2,2-4H3,(H,20,22). The van der Waals surface area contributed by atoms with Crippen LogP contribution in [-0.4, -0.2) is 66.9 Å². The largest absolute Gasteiger partial charge is 0.357 e. The molecule has 0 aromatic carbocycles. The topological polar surface area (TPSA) is 60.8 Å². The number of likely N-dealkylation sites (N-methyl/N-ethyl adjacent to an activating group) is 1. The van der Waals surface area contributed by atoms with Crippen LogP contribution in [0.3, 0.4) is 0 Å². The van der Waals surface area contributed by atoms with Gasteiger partial charge in [0.1, 0.15) is 6.54 Å². The molecule has 6 nitrogen and oxygen atoms in total. The highest BCUT2D eigenvalue weighted by atomic mass is 16.2. The van der Waals surface area contributed by atoms with Crippen LogP contribution >= 0.6 is 0 Å². The number of nitrogens with one attached hydrogen (secondary N) is 1. The third kappa shape index (κ3) is 8.33. The Morgan fingerprint density at radius 1 is 1.32 bits per heavy atom. The molecule has 138 valence electrons. The number of aliphatic imine (C=N–C) groups is 1. The summed E-state index contributed by atoms with van der Waals surface area (Å²) in [5, 5.41) is 3.23. The number of nitrogens with zero attached hydrogens (tertiary/aromatic N) is 4. The van der Waals surface area contributed by atoms with E-state index in [1.54, 1.807) is 11.1 Å². The lowest BCUT2D eigenvalue weighted by Crippen LogP contribution is -2.40. The lowest BCUT2D eigenvalue weighted by molar-refractivity contribution is -0.128. The summed E-state index contributed by atoms with van der Waals surface area (Å²) in [5.41, 5.74) is 0.987. The fraction of sp³-hybridized carbons (Fsp3) is 0.526. The van der Waals surface area contributed by atoms with E-state index >= 15 is 0 Å². The van der Waals surface area contributed by atoms with Gasteiger partial charge in [0.15, 0.2) is 5.96 Å². The Labute approximate surface area is 151 Å².